The summed E-state index contributed by atoms with van der Waals surface area (Å²) in [6, 6.07) is 17.0. The molecule has 0 unspecified atom stereocenters. The van der Waals surface area contributed by atoms with Crippen molar-refractivity contribution in [3.8, 4) is 11.5 Å². The van der Waals surface area contributed by atoms with Crippen molar-refractivity contribution in [1.29, 1.82) is 0 Å². The molecule has 2 amide bonds. The largest absolute Gasteiger partial charge is 0.378 e. The van der Waals surface area contributed by atoms with Gasteiger partial charge in [0, 0.05) is 49.1 Å². The fourth-order valence-corrected chi connectivity index (χ4v) is 4.20. The average Bonchev–Trinajstić information content (AvgIpc) is 3.35. The first-order valence-corrected chi connectivity index (χ1v) is 11.8. The van der Waals surface area contributed by atoms with Gasteiger partial charge < -0.3 is 19.1 Å². The highest BCUT2D eigenvalue weighted by molar-refractivity contribution is 8.00. The molecule has 8 nitrogen and oxygen atoms in total. The van der Waals surface area contributed by atoms with Crippen LogP contribution in [0.5, 0.6) is 0 Å². The zero-order chi connectivity index (χ0) is 23.0. The van der Waals surface area contributed by atoms with Gasteiger partial charge in [-0.15, -0.1) is 11.8 Å². The maximum absolute atomic E-state index is 12.6. The molecule has 0 N–H and O–H groups in total. The molecule has 1 aliphatic rings. The monoisotopic (exact) mass is 466 g/mol. The van der Waals surface area contributed by atoms with Crippen molar-refractivity contribution in [2.24, 2.45) is 0 Å². The molecule has 3 aromatic rings. The van der Waals surface area contributed by atoms with E-state index in [0.29, 0.717) is 62.3 Å². The van der Waals surface area contributed by atoms with E-state index >= 15 is 0 Å². The number of hydrogen-bond acceptors (Lipinski definition) is 7. The Balaban J connectivity index is 1.27. The third-order valence-electron chi connectivity index (χ3n) is 5.35. The Labute approximate surface area is 196 Å². The van der Waals surface area contributed by atoms with E-state index < -0.39 is 0 Å². The number of carbonyl (C=O) groups is 2. The number of aromatic nitrogens is 2. The standard InChI is InChI=1S/C24H26N4O4S/c1-27(22(29)17-33-20-5-3-2-4-6-20)12-11-21-25-23(32-26-21)18-7-9-19(10-8-18)24(30)28-13-15-31-16-14-28/h2-10H,11-17H2,1H3. The van der Waals surface area contributed by atoms with E-state index in [1.165, 1.54) is 11.8 Å². The average molecular weight is 467 g/mol. The van der Waals surface area contributed by atoms with Crippen molar-refractivity contribution in [1.82, 2.24) is 19.9 Å². The van der Waals surface area contributed by atoms with Gasteiger partial charge in [-0.2, -0.15) is 4.98 Å². The molecule has 1 fully saturated rings. The lowest BCUT2D eigenvalue weighted by Gasteiger charge is -2.26. The highest BCUT2D eigenvalue weighted by Crippen LogP contribution is 2.20. The van der Waals surface area contributed by atoms with E-state index in [2.05, 4.69) is 10.1 Å². The molecule has 1 aliphatic heterocycles. The molecular weight excluding hydrogens is 440 g/mol. The summed E-state index contributed by atoms with van der Waals surface area (Å²) >= 11 is 1.52. The van der Waals surface area contributed by atoms with Crippen LogP contribution in [-0.4, -0.2) is 77.4 Å². The molecule has 4 rings (SSSR count). The topological polar surface area (TPSA) is 88.8 Å². The molecule has 33 heavy (non-hydrogen) atoms. The minimum absolute atomic E-state index is 0.00537. The molecule has 0 radical (unpaired) electrons. The van der Waals surface area contributed by atoms with Crippen molar-refractivity contribution in [2.75, 3.05) is 45.6 Å². The van der Waals surface area contributed by atoms with Gasteiger partial charge in [0.15, 0.2) is 5.82 Å². The maximum atomic E-state index is 12.6. The summed E-state index contributed by atoms with van der Waals surface area (Å²) in [7, 11) is 1.78. The first-order valence-electron chi connectivity index (χ1n) is 10.8. The van der Waals surface area contributed by atoms with Gasteiger partial charge in [0.1, 0.15) is 0 Å². The lowest BCUT2D eigenvalue weighted by Crippen LogP contribution is -2.40. The van der Waals surface area contributed by atoms with Crippen LogP contribution in [0.1, 0.15) is 16.2 Å². The number of benzene rings is 2. The molecular formula is C24H26N4O4S. The Kier molecular flexibility index (Phi) is 7.74. The predicted octanol–water partition coefficient (Wildman–Crippen LogP) is 3.00. The summed E-state index contributed by atoms with van der Waals surface area (Å²) in [5.41, 5.74) is 1.37. The van der Waals surface area contributed by atoms with Gasteiger partial charge in [-0.1, -0.05) is 23.4 Å². The minimum Gasteiger partial charge on any atom is -0.378 e. The molecule has 0 atom stereocenters. The molecule has 0 spiro atoms. The molecule has 0 saturated carbocycles. The molecule has 2 heterocycles. The predicted molar refractivity (Wildman–Crippen MR) is 125 cm³/mol. The molecule has 0 aliphatic carbocycles. The zero-order valence-corrected chi connectivity index (χ0v) is 19.3. The van der Waals surface area contributed by atoms with Gasteiger partial charge in [-0.3, -0.25) is 9.59 Å². The number of hydrogen-bond donors (Lipinski definition) is 0. The summed E-state index contributed by atoms with van der Waals surface area (Å²) in [6.45, 7) is 2.85. The zero-order valence-electron chi connectivity index (χ0n) is 18.5. The van der Waals surface area contributed by atoms with Crippen molar-refractivity contribution < 1.29 is 18.8 Å². The second-order valence-electron chi connectivity index (χ2n) is 7.66. The van der Waals surface area contributed by atoms with Gasteiger partial charge in [0.25, 0.3) is 11.8 Å². The SMILES string of the molecule is CN(CCc1noc(-c2ccc(C(=O)N3CCOCC3)cc2)n1)C(=O)CSc1ccccc1. The Morgan fingerprint density at radius 1 is 1.06 bits per heavy atom. The fraction of sp³-hybridized carbons (Fsp3) is 0.333. The second kappa shape index (κ2) is 11.1. The minimum atomic E-state index is -0.00537. The van der Waals surface area contributed by atoms with Gasteiger partial charge >= 0.3 is 0 Å². The highest BCUT2D eigenvalue weighted by atomic mass is 32.2. The van der Waals surface area contributed by atoms with Crippen molar-refractivity contribution in [2.45, 2.75) is 11.3 Å². The van der Waals surface area contributed by atoms with Crippen LogP contribution in [0, 0.1) is 0 Å². The van der Waals surface area contributed by atoms with E-state index in [0.717, 1.165) is 10.5 Å². The molecule has 172 valence electrons. The number of morpholine rings is 1. The van der Waals surface area contributed by atoms with Gasteiger partial charge in [-0.25, -0.2) is 0 Å². The molecule has 1 saturated heterocycles. The van der Waals surface area contributed by atoms with Crippen molar-refractivity contribution in [3.63, 3.8) is 0 Å². The Hall–Kier alpha value is -3.17. The van der Waals surface area contributed by atoms with E-state index in [1.807, 2.05) is 30.3 Å². The summed E-state index contributed by atoms with van der Waals surface area (Å²) in [5.74, 6) is 1.35. The lowest BCUT2D eigenvalue weighted by atomic mass is 10.1. The highest BCUT2D eigenvalue weighted by Gasteiger charge is 2.19. The van der Waals surface area contributed by atoms with E-state index in [4.69, 9.17) is 9.26 Å². The third-order valence-corrected chi connectivity index (χ3v) is 6.34. The van der Waals surface area contributed by atoms with E-state index in [-0.39, 0.29) is 11.8 Å². The van der Waals surface area contributed by atoms with Crippen LogP contribution in [-0.2, 0) is 16.0 Å². The first-order chi connectivity index (χ1) is 16.1. The third kappa shape index (κ3) is 6.21. The Bertz CT molecular complexity index is 1070. The van der Waals surface area contributed by atoms with Crippen LogP contribution in [0.3, 0.4) is 0 Å². The van der Waals surface area contributed by atoms with Gasteiger partial charge in [0.05, 0.1) is 19.0 Å². The van der Waals surface area contributed by atoms with E-state index in [9.17, 15) is 9.59 Å². The molecule has 9 heteroatoms. The van der Waals surface area contributed by atoms with E-state index in [1.54, 1.807) is 41.1 Å². The summed E-state index contributed by atoms with van der Waals surface area (Å²) in [4.78, 5) is 33.9. The number of carbonyl (C=O) groups excluding carboxylic acids is 2. The Morgan fingerprint density at radius 3 is 2.52 bits per heavy atom. The van der Waals surface area contributed by atoms with Gasteiger partial charge in [0.2, 0.25) is 5.91 Å². The normalized spacial score (nSPS) is 13.7. The molecule has 1 aromatic heterocycles. The number of amides is 2. The summed E-state index contributed by atoms with van der Waals surface area (Å²) in [5, 5.41) is 4.03. The number of ether oxygens (including phenoxy) is 1. The fourth-order valence-electron chi connectivity index (χ4n) is 3.34. The smallest absolute Gasteiger partial charge is 0.257 e. The number of rotatable bonds is 8. The molecule has 0 bridgehead atoms. The van der Waals surface area contributed by atoms with Crippen LogP contribution in [0.4, 0.5) is 0 Å². The van der Waals surface area contributed by atoms with Crippen molar-refractivity contribution in [3.05, 3.63) is 66.0 Å². The summed E-state index contributed by atoms with van der Waals surface area (Å²) in [6.07, 6.45) is 0.495. The first kappa shape index (κ1) is 23.0. The van der Waals surface area contributed by atoms with Crippen LogP contribution in [0.25, 0.3) is 11.5 Å². The lowest BCUT2D eigenvalue weighted by molar-refractivity contribution is -0.127. The summed E-state index contributed by atoms with van der Waals surface area (Å²) < 4.78 is 10.7. The second-order valence-corrected chi connectivity index (χ2v) is 8.71. The maximum Gasteiger partial charge on any atom is 0.257 e. The quantitative estimate of drug-likeness (QED) is 0.472. The van der Waals surface area contributed by atoms with Crippen LogP contribution >= 0.6 is 11.8 Å². The van der Waals surface area contributed by atoms with Crippen LogP contribution in [0.15, 0.2) is 64.0 Å². The Morgan fingerprint density at radius 2 is 1.79 bits per heavy atom. The van der Waals surface area contributed by atoms with Crippen molar-refractivity contribution >= 4 is 23.6 Å². The molecule has 2 aromatic carbocycles. The van der Waals surface area contributed by atoms with Gasteiger partial charge in [-0.05, 0) is 36.4 Å². The van der Waals surface area contributed by atoms with Crippen LogP contribution in [0.2, 0.25) is 0 Å². The number of likely N-dealkylation sites (N-methyl/N-ethyl adjacent to an activating group) is 1. The number of thioether (sulfide) groups is 1. The number of nitrogens with zero attached hydrogens (tertiary/aromatic N) is 4. The van der Waals surface area contributed by atoms with Crippen LogP contribution < -0.4 is 0 Å².